The fraction of sp³-hybridized carbons (Fsp3) is 0.211. The van der Waals surface area contributed by atoms with E-state index in [9.17, 15) is 9.59 Å². The van der Waals surface area contributed by atoms with Gasteiger partial charge in [0.25, 0.3) is 5.91 Å². The van der Waals surface area contributed by atoms with Crippen LogP contribution in [0.1, 0.15) is 29.1 Å². The van der Waals surface area contributed by atoms with Crippen molar-refractivity contribution in [1.29, 1.82) is 0 Å². The fourth-order valence-electron chi connectivity index (χ4n) is 2.62. The van der Waals surface area contributed by atoms with E-state index in [2.05, 4.69) is 15.6 Å². The Kier molecular flexibility index (Phi) is 3.72. The number of nitrogens with one attached hydrogen (secondary N) is 2. The van der Waals surface area contributed by atoms with Crippen molar-refractivity contribution in [2.24, 2.45) is 5.92 Å². The van der Waals surface area contributed by atoms with Crippen LogP contribution in [0.15, 0.2) is 46.9 Å². The molecular weight excluding hydrogens is 318 g/mol. The Bertz CT molecular complexity index is 956. The Labute approximate surface area is 144 Å². The minimum Gasteiger partial charge on any atom is -0.441 e. The number of hydrogen-bond acceptors (Lipinski definition) is 4. The van der Waals surface area contributed by atoms with Gasteiger partial charge in [0, 0.05) is 35.8 Å². The zero-order chi connectivity index (χ0) is 17.4. The van der Waals surface area contributed by atoms with Gasteiger partial charge in [0.2, 0.25) is 5.91 Å². The van der Waals surface area contributed by atoms with Gasteiger partial charge in [-0.25, -0.2) is 4.98 Å². The lowest BCUT2D eigenvalue weighted by molar-refractivity contribution is -0.117. The van der Waals surface area contributed by atoms with Crippen LogP contribution in [0, 0.1) is 12.8 Å². The van der Waals surface area contributed by atoms with Crippen LogP contribution < -0.4 is 10.6 Å². The molecule has 3 aromatic rings. The average molecular weight is 335 g/mol. The highest BCUT2D eigenvalue weighted by Gasteiger charge is 2.29. The topological polar surface area (TPSA) is 84.2 Å². The van der Waals surface area contributed by atoms with Crippen molar-refractivity contribution in [2.45, 2.75) is 19.8 Å². The maximum Gasteiger partial charge on any atom is 0.255 e. The van der Waals surface area contributed by atoms with Gasteiger partial charge >= 0.3 is 0 Å². The van der Waals surface area contributed by atoms with E-state index in [0.717, 1.165) is 18.4 Å². The minimum atomic E-state index is -0.226. The molecule has 6 heteroatoms. The number of oxazole rings is 1. The van der Waals surface area contributed by atoms with E-state index in [-0.39, 0.29) is 17.7 Å². The first-order valence-corrected chi connectivity index (χ1v) is 8.18. The number of aryl methyl sites for hydroxylation is 1. The molecule has 0 bridgehead atoms. The molecule has 2 aromatic carbocycles. The molecule has 126 valence electrons. The Morgan fingerprint density at radius 2 is 1.76 bits per heavy atom. The summed E-state index contributed by atoms with van der Waals surface area (Å²) >= 11 is 0. The van der Waals surface area contributed by atoms with Crippen molar-refractivity contribution in [3.8, 4) is 0 Å². The third-order valence-corrected chi connectivity index (χ3v) is 4.12. The van der Waals surface area contributed by atoms with E-state index in [4.69, 9.17) is 4.42 Å². The molecule has 6 nitrogen and oxygen atoms in total. The van der Waals surface area contributed by atoms with Crippen LogP contribution in [-0.2, 0) is 4.79 Å². The highest BCUT2D eigenvalue weighted by atomic mass is 16.3. The molecule has 2 N–H and O–H groups in total. The molecule has 1 aromatic heterocycles. The SMILES string of the molecule is Cc1nc2ccc(NC(=O)c3ccc(NC(=O)C4CC4)cc3)cc2o1. The second-order valence-electron chi connectivity index (χ2n) is 6.21. The summed E-state index contributed by atoms with van der Waals surface area (Å²) < 4.78 is 5.47. The number of nitrogens with zero attached hydrogens (tertiary/aromatic N) is 1. The van der Waals surface area contributed by atoms with E-state index in [1.165, 1.54) is 0 Å². The predicted octanol–water partition coefficient (Wildman–Crippen LogP) is 3.74. The van der Waals surface area contributed by atoms with Crippen molar-refractivity contribution < 1.29 is 14.0 Å². The maximum atomic E-state index is 12.4. The van der Waals surface area contributed by atoms with E-state index in [1.54, 1.807) is 49.4 Å². The van der Waals surface area contributed by atoms with E-state index in [0.29, 0.717) is 28.4 Å². The Hall–Kier alpha value is -3.15. The largest absolute Gasteiger partial charge is 0.441 e. The number of hydrogen-bond donors (Lipinski definition) is 2. The molecule has 1 heterocycles. The molecule has 0 atom stereocenters. The summed E-state index contributed by atoms with van der Waals surface area (Å²) in [6, 6.07) is 12.2. The lowest BCUT2D eigenvalue weighted by atomic mass is 10.2. The van der Waals surface area contributed by atoms with Crippen molar-refractivity contribution in [2.75, 3.05) is 10.6 Å². The summed E-state index contributed by atoms with van der Waals surface area (Å²) in [7, 11) is 0. The number of aromatic nitrogens is 1. The Balaban J connectivity index is 1.44. The number of carbonyl (C=O) groups excluding carboxylic acids is 2. The molecule has 0 spiro atoms. The van der Waals surface area contributed by atoms with Gasteiger partial charge in [-0.15, -0.1) is 0 Å². The number of amides is 2. The van der Waals surface area contributed by atoms with E-state index >= 15 is 0 Å². The predicted molar refractivity (Wildman–Crippen MR) is 94.5 cm³/mol. The number of fused-ring (bicyclic) bond motifs is 1. The van der Waals surface area contributed by atoms with Crippen molar-refractivity contribution in [3.05, 3.63) is 53.9 Å². The first kappa shape index (κ1) is 15.4. The summed E-state index contributed by atoms with van der Waals surface area (Å²) in [6.07, 6.45) is 1.92. The van der Waals surface area contributed by atoms with Gasteiger partial charge in [-0.1, -0.05) is 0 Å². The second kappa shape index (κ2) is 6.05. The minimum absolute atomic E-state index is 0.0489. The molecule has 1 aliphatic rings. The molecule has 25 heavy (non-hydrogen) atoms. The zero-order valence-corrected chi connectivity index (χ0v) is 13.7. The van der Waals surface area contributed by atoms with Crippen LogP contribution in [-0.4, -0.2) is 16.8 Å². The van der Waals surface area contributed by atoms with Gasteiger partial charge in [-0.3, -0.25) is 9.59 Å². The highest BCUT2D eigenvalue weighted by Crippen LogP contribution is 2.30. The molecule has 1 aliphatic carbocycles. The third-order valence-electron chi connectivity index (χ3n) is 4.12. The molecule has 2 amide bonds. The van der Waals surface area contributed by atoms with Crippen LogP contribution >= 0.6 is 0 Å². The van der Waals surface area contributed by atoms with E-state index < -0.39 is 0 Å². The quantitative estimate of drug-likeness (QED) is 0.761. The highest BCUT2D eigenvalue weighted by molar-refractivity contribution is 6.05. The standard InChI is InChI=1S/C19H17N3O3/c1-11-20-16-9-8-15(10-17(16)25-11)22-19(24)13-4-6-14(7-5-13)21-18(23)12-2-3-12/h4-10,12H,2-3H2,1H3,(H,21,23)(H,22,24). The average Bonchev–Trinajstić information content (AvgIpc) is 3.37. The van der Waals surface area contributed by atoms with Gasteiger partial charge in [0.05, 0.1) is 0 Å². The van der Waals surface area contributed by atoms with Gasteiger partial charge in [-0.05, 0) is 49.2 Å². The molecular formula is C19H17N3O3. The maximum absolute atomic E-state index is 12.4. The first-order chi connectivity index (χ1) is 12.1. The van der Waals surface area contributed by atoms with Crippen LogP contribution in [0.4, 0.5) is 11.4 Å². The van der Waals surface area contributed by atoms with Crippen molar-refractivity contribution >= 4 is 34.3 Å². The lowest BCUT2D eigenvalue weighted by Gasteiger charge is -2.07. The summed E-state index contributed by atoms with van der Waals surface area (Å²) in [5.74, 6) is 0.559. The summed E-state index contributed by atoms with van der Waals surface area (Å²) in [6.45, 7) is 1.78. The first-order valence-electron chi connectivity index (χ1n) is 8.18. The fourth-order valence-corrected chi connectivity index (χ4v) is 2.62. The number of carbonyl (C=O) groups is 2. The van der Waals surface area contributed by atoms with Crippen molar-refractivity contribution in [1.82, 2.24) is 4.98 Å². The van der Waals surface area contributed by atoms with Gasteiger partial charge in [0.1, 0.15) is 5.52 Å². The molecule has 1 saturated carbocycles. The summed E-state index contributed by atoms with van der Waals surface area (Å²) in [5.41, 5.74) is 3.24. The smallest absolute Gasteiger partial charge is 0.255 e. The van der Waals surface area contributed by atoms with Gasteiger partial charge < -0.3 is 15.1 Å². The van der Waals surface area contributed by atoms with Crippen LogP contribution in [0.25, 0.3) is 11.1 Å². The van der Waals surface area contributed by atoms with Crippen LogP contribution in [0.5, 0.6) is 0 Å². The molecule has 0 aliphatic heterocycles. The second-order valence-corrected chi connectivity index (χ2v) is 6.21. The van der Waals surface area contributed by atoms with Gasteiger partial charge in [-0.2, -0.15) is 0 Å². The monoisotopic (exact) mass is 335 g/mol. The number of benzene rings is 2. The third kappa shape index (κ3) is 3.38. The number of rotatable bonds is 4. The van der Waals surface area contributed by atoms with Crippen LogP contribution in [0.2, 0.25) is 0 Å². The zero-order valence-electron chi connectivity index (χ0n) is 13.7. The molecule has 0 unspecified atom stereocenters. The van der Waals surface area contributed by atoms with Gasteiger partial charge in [0.15, 0.2) is 11.5 Å². The van der Waals surface area contributed by atoms with E-state index in [1.807, 2.05) is 0 Å². The summed E-state index contributed by atoms with van der Waals surface area (Å²) in [4.78, 5) is 28.3. The molecule has 4 rings (SSSR count). The summed E-state index contributed by atoms with van der Waals surface area (Å²) in [5, 5.41) is 5.69. The Morgan fingerprint density at radius 1 is 1.04 bits per heavy atom. The number of anilines is 2. The van der Waals surface area contributed by atoms with Crippen LogP contribution in [0.3, 0.4) is 0 Å². The van der Waals surface area contributed by atoms with Crippen molar-refractivity contribution in [3.63, 3.8) is 0 Å². The molecule has 1 fully saturated rings. The normalized spacial score (nSPS) is 13.6. The molecule has 0 saturated heterocycles. The lowest BCUT2D eigenvalue weighted by Crippen LogP contribution is -2.14. The Morgan fingerprint density at radius 3 is 2.48 bits per heavy atom. The molecule has 0 radical (unpaired) electrons.